The molecule has 2 aromatic carbocycles. The van der Waals surface area contributed by atoms with Crippen LogP contribution in [0.1, 0.15) is 39.2 Å². The van der Waals surface area contributed by atoms with Crippen molar-refractivity contribution in [2.24, 2.45) is 0 Å². The number of nitrogens with zero attached hydrogens (tertiary/aromatic N) is 3. The monoisotopic (exact) mass is 424 g/mol. The molecule has 1 saturated heterocycles. The summed E-state index contributed by atoms with van der Waals surface area (Å²) >= 11 is 0. The molecule has 4 rings (SSSR count). The van der Waals surface area contributed by atoms with Crippen LogP contribution < -0.4 is 5.32 Å². The third-order valence-corrected chi connectivity index (χ3v) is 5.44. The number of aromatic nitrogens is 2. The number of hydrogen-bond donors (Lipinski definition) is 1. The lowest BCUT2D eigenvalue weighted by Gasteiger charge is -2.28. The lowest BCUT2D eigenvalue weighted by atomic mass is 10.2. The van der Waals surface area contributed by atoms with Crippen LogP contribution in [0.15, 0.2) is 48.5 Å². The summed E-state index contributed by atoms with van der Waals surface area (Å²) in [6, 6.07) is 14.6. The Balaban J connectivity index is 1.54. The number of benzene rings is 2. The van der Waals surface area contributed by atoms with Gasteiger partial charge in [-0.1, -0.05) is 30.3 Å². The molecule has 6 nitrogen and oxygen atoms in total. The third kappa shape index (κ3) is 4.81. The molecular weight excluding hydrogens is 395 g/mol. The highest BCUT2D eigenvalue weighted by atomic mass is 19.1. The second-order valence-electron chi connectivity index (χ2n) is 8.95. The Labute approximate surface area is 182 Å². The van der Waals surface area contributed by atoms with Gasteiger partial charge >= 0.3 is 6.09 Å². The number of ether oxygens (including phenoxy) is 1. The van der Waals surface area contributed by atoms with Crippen molar-refractivity contribution in [3.05, 3.63) is 59.9 Å². The van der Waals surface area contributed by atoms with Crippen molar-refractivity contribution >= 4 is 23.1 Å². The molecule has 1 aromatic heterocycles. The van der Waals surface area contributed by atoms with E-state index in [2.05, 4.69) is 5.32 Å². The number of fused-ring (bicyclic) bond motifs is 1. The second-order valence-corrected chi connectivity index (χ2v) is 8.95. The predicted octanol–water partition coefficient (Wildman–Crippen LogP) is 5.04. The van der Waals surface area contributed by atoms with Gasteiger partial charge in [-0.3, -0.25) is 0 Å². The van der Waals surface area contributed by atoms with E-state index in [9.17, 15) is 9.18 Å². The topological polar surface area (TPSA) is 59.4 Å². The van der Waals surface area contributed by atoms with E-state index in [-0.39, 0.29) is 18.0 Å². The molecule has 3 aromatic rings. The fourth-order valence-electron chi connectivity index (χ4n) is 3.99. The van der Waals surface area contributed by atoms with Gasteiger partial charge in [0.05, 0.1) is 23.6 Å². The molecule has 2 heterocycles. The number of halogens is 1. The second kappa shape index (κ2) is 8.57. The number of hydrogen-bond acceptors (Lipinski definition) is 4. The van der Waals surface area contributed by atoms with Crippen LogP contribution in [0.4, 0.5) is 15.1 Å². The van der Waals surface area contributed by atoms with Crippen molar-refractivity contribution < 1.29 is 13.9 Å². The Morgan fingerprint density at radius 2 is 1.94 bits per heavy atom. The molecule has 0 radical (unpaired) electrons. The smallest absolute Gasteiger partial charge is 0.410 e. The summed E-state index contributed by atoms with van der Waals surface area (Å²) in [6.45, 7) is 7.24. The van der Waals surface area contributed by atoms with Crippen LogP contribution in [-0.4, -0.2) is 45.3 Å². The summed E-state index contributed by atoms with van der Waals surface area (Å²) in [5, 5.41) is 3.41. The van der Waals surface area contributed by atoms with Gasteiger partial charge in [-0.15, -0.1) is 0 Å². The minimum Gasteiger partial charge on any atom is -0.444 e. The van der Waals surface area contributed by atoms with E-state index < -0.39 is 5.60 Å². The van der Waals surface area contributed by atoms with Gasteiger partial charge in [0.25, 0.3) is 0 Å². The summed E-state index contributed by atoms with van der Waals surface area (Å²) in [4.78, 5) is 19.1. The van der Waals surface area contributed by atoms with Gasteiger partial charge in [0.1, 0.15) is 11.4 Å². The first kappa shape index (κ1) is 21.2. The van der Waals surface area contributed by atoms with E-state index in [0.717, 1.165) is 23.9 Å². The van der Waals surface area contributed by atoms with E-state index >= 15 is 0 Å². The molecule has 1 fully saturated rings. The van der Waals surface area contributed by atoms with Crippen LogP contribution in [-0.2, 0) is 11.3 Å². The van der Waals surface area contributed by atoms with Crippen molar-refractivity contribution in [1.82, 2.24) is 14.5 Å². The van der Waals surface area contributed by atoms with Gasteiger partial charge in [-0.05, 0) is 51.8 Å². The Bertz CT molecular complexity index is 1070. The van der Waals surface area contributed by atoms with E-state index in [4.69, 9.17) is 9.72 Å². The maximum atomic E-state index is 14.3. The fourth-order valence-corrected chi connectivity index (χ4v) is 3.99. The molecule has 0 bridgehead atoms. The summed E-state index contributed by atoms with van der Waals surface area (Å²) in [5.74, 6) is 0.429. The molecule has 7 heteroatoms. The largest absolute Gasteiger partial charge is 0.444 e. The summed E-state index contributed by atoms with van der Waals surface area (Å²) in [6.07, 6.45) is 1.56. The van der Waals surface area contributed by atoms with E-state index in [1.807, 2.05) is 55.7 Å². The number of anilines is 1. The minimum absolute atomic E-state index is 0.0246. The summed E-state index contributed by atoms with van der Waals surface area (Å²) < 4.78 is 21.9. The zero-order valence-corrected chi connectivity index (χ0v) is 18.3. The average molecular weight is 425 g/mol. The van der Waals surface area contributed by atoms with Gasteiger partial charge in [0.2, 0.25) is 5.95 Å². The molecule has 0 spiro atoms. The molecular formula is C24H29FN4O2. The molecule has 1 atom stereocenters. The number of imidazole rings is 1. The molecule has 1 aliphatic heterocycles. The Hall–Kier alpha value is -3.09. The van der Waals surface area contributed by atoms with E-state index in [0.29, 0.717) is 31.1 Å². The van der Waals surface area contributed by atoms with E-state index in [1.165, 1.54) is 6.07 Å². The van der Waals surface area contributed by atoms with Crippen molar-refractivity contribution in [3.8, 4) is 0 Å². The van der Waals surface area contributed by atoms with Crippen LogP contribution in [0.25, 0.3) is 11.0 Å². The van der Waals surface area contributed by atoms with Crippen molar-refractivity contribution in [3.63, 3.8) is 0 Å². The highest BCUT2D eigenvalue weighted by Gasteiger charge is 2.32. The molecule has 31 heavy (non-hydrogen) atoms. The number of amides is 1. The minimum atomic E-state index is -0.522. The summed E-state index contributed by atoms with van der Waals surface area (Å²) in [7, 11) is 0. The van der Waals surface area contributed by atoms with Crippen LogP contribution >= 0.6 is 0 Å². The number of rotatable bonds is 5. The molecule has 1 aliphatic rings. The van der Waals surface area contributed by atoms with Gasteiger partial charge in [-0.2, -0.15) is 0 Å². The van der Waals surface area contributed by atoms with Gasteiger partial charge in [-0.25, -0.2) is 14.2 Å². The SMILES string of the molecule is CC(C)(C)OC(=O)N1CCC[C@@H]1CNc1nc2ccccc2n1Cc1ccccc1F. The third-order valence-electron chi connectivity index (χ3n) is 5.44. The quantitative estimate of drug-likeness (QED) is 0.624. The van der Waals surface area contributed by atoms with Gasteiger partial charge in [0, 0.05) is 18.7 Å². The molecule has 1 N–H and O–H groups in total. The fraction of sp³-hybridized carbons (Fsp3) is 0.417. The van der Waals surface area contributed by atoms with E-state index in [1.54, 1.807) is 17.0 Å². The van der Waals surface area contributed by atoms with Crippen LogP contribution in [0, 0.1) is 5.82 Å². The first-order valence-corrected chi connectivity index (χ1v) is 10.7. The van der Waals surface area contributed by atoms with Gasteiger partial charge < -0.3 is 19.5 Å². The predicted molar refractivity (Wildman–Crippen MR) is 120 cm³/mol. The maximum Gasteiger partial charge on any atom is 0.410 e. The Kier molecular flexibility index (Phi) is 5.85. The summed E-state index contributed by atoms with van der Waals surface area (Å²) in [5.41, 5.74) is 1.86. The van der Waals surface area contributed by atoms with Crippen LogP contribution in [0.3, 0.4) is 0 Å². The first-order chi connectivity index (χ1) is 14.8. The zero-order valence-electron chi connectivity index (χ0n) is 18.3. The first-order valence-electron chi connectivity index (χ1n) is 10.7. The number of carbonyl (C=O) groups is 1. The molecule has 0 unspecified atom stereocenters. The molecule has 0 aliphatic carbocycles. The van der Waals surface area contributed by atoms with Crippen molar-refractivity contribution in [1.29, 1.82) is 0 Å². The highest BCUT2D eigenvalue weighted by Crippen LogP contribution is 2.24. The highest BCUT2D eigenvalue weighted by molar-refractivity contribution is 5.78. The van der Waals surface area contributed by atoms with Crippen LogP contribution in [0.2, 0.25) is 0 Å². The van der Waals surface area contributed by atoms with Gasteiger partial charge in [0.15, 0.2) is 0 Å². The maximum absolute atomic E-state index is 14.3. The average Bonchev–Trinajstić information content (AvgIpc) is 3.32. The normalized spacial score (nSPS) is 16.6. The number of carbonyl (C=O) groups excluding carboxylic acids is 1. The number of nitrogens with one attached hydrogen (secondary N) is 1. The van der Waals surface area contributed by atoms with Crippen molar-refractivity contribution in [2.45, 2.75) is 51.8 Å². The molecule has 164 valence electrons. The lowest BCUT2D eigenvalue weighted by molar-refractivity contribution is 0.0235. The zero-order chi connectivity index (χ0) is 22.0. The number of likely N-dealkylation sites (tertiary alicyclic amines) is 1. The lowest BCUT2D eigenvalue weighted by Crippen LogP contribution is -2.42. The standard InChI is InChI=1S/C24H29FN4O2/c1-24(2,3)31-23(30)28-14-8-10-18(28)15-26-22-27-20-12-6-7-13-21(20)29(22)16-17-9-4-5-11-19(17)25/h4-7,9,11-13,18H,8,10,14-16H2,1-3H3,(H,26,27)/t18-/m1/s1. The van der Waals surface area contributed by atoms with Crippen LogP contribution in [0.5, 0.6) is 0 Å². The molecule has 1 amide bonds. The molecule has 0 saturated carbocycles. The van der Waals surface area contributed by atoms with Crippen molar-refractivity contribution in [2.75, 3.05) is 18.4 Å². The Morgan fingerprint density at radius 3 is 2.71 bits per heavy atom. The number of para-hydroxylation sites is 2. The Morgan fingerprint density at radius 1 is 1.19 bits per heavy atom.